The van der Waals surface area contributed by atoms with Crippen molar-refractivity contribution in [1.82, 2.24) is 0 Å². The van der Waals surface area contributed by atoms with Crippen molar-refractivity contribution in [1.29, 1.82) is 0 Å². The molecule has 0 radical (unpaired) electrons. The Hall–Kier alpha value is -1.52. The highest BCUT2D eigenvalue weighted by Gasteiger charge is 2.00. The number of hydrazone groups is 1. The maximum absolute atomic E-state index is 6.02. The Bertz CT molecular complexity index is 602. The summed E-state index contributed by atoms with van der Waals surface area (Å²) in [6.45, 7) is 0. The van der Waals surface area contributed by atoms with Crippen molar-refractivity contribution in [3.05, 3.63) is 57.5 Å². The number of methoxy groups -OCH3 is 1. The van der Waals surface area contributed by atoms with Gasteiger partial charge in [-0.05, 0) is 35.9 Å². The van der Waals surface area contributed by atoms with Crippen molar-refractivity contribution in [2.75, 3.05) is 12.5 Å². The fourth-order valence-electron chi connectivity index (χ4n) is 1.50. The molecule has 0 saturated carbocycles. The van der Waals surface area contributed by atoms with Gasteiger partial charge in [0.25, 0.3) is 0 Å². The van der Waals surface area contributed by atoms with E-state index in [4.69, 9.17) is 16.3 Å². The lowest BCUT2D eigenvalue weighted by Gasteiger charge is -2.05. The highest BCUT2D eigenvalue weighted by Crippen LogP contribution is 2.27. The Kier molecular flexibility index (Phi) is 4.82. The topological polar surface area (TPSA) is 33.6 Å². The lowest BCUT2D eigenvalue weighted by atomic mass is 10.2. The van der Waals surface area contributed by atoms with Crippen molar-refractivity contribution in [2.24, 2.45) is 5.10 Å². The molecule has 0 unspecified atom stereocenters. The van der Waals surface area contributed by atoms with Crippen molar-refractivity contribution in [3.8, 4) is 5.75 Å². The van der Waals surface area contributed by atoms with Gasteiger partial charge in [-0.2, -0.15) is 5.10 Å². The first-order chi connectivity index (χ1) is 9.19. The number of nitrogens with one attached hydrogen (secondary N) is 1. The van der Waals surface area contributed by atoms with E-state index in [1.165, 1.54) is 0 Å². The summed E-state index contributed by atoms with van der Waals surface area (Å²) in [6, 6.07) is 13.3. The number of halogens is 2. The van der Waals surface area contributed by atoms with Gasteiger partial charge >= 0.3 is 0 Å². The molecule has 0 aliphatic rings. The third-order valence-corrected chi connectivity index (χ3v) is 3.20. The van der Waals surface area contributed by atoms with Crippen LogP contribution in [0, 0.1) is 0 Å². The molecule has 0 aromatic heterocycles. The lowest BCUT2D eigenvalue weighted by molar-refractivity contribution is 0.415. The molecule has 1 N–H and O–H groups in total. The summed E-state index contributed by atoms with van der Waals surface area (Å²) in [5, 5.41) is 4.70. The number of benzene rings is 2. The molecule has 2 rings (SSSR count). The molecule has 0 saturated heterocycles. The monoisotopic (exact) mass is 338 g/mol. The van der Waals surface area contributed by atoms with Crippen LogP contribution in [0.3, 0.4) is 0 Å². The summed E-state index contributed by atoms with van der Waals surface area (Å²) in [7, 11) is 1.58. The molecule has 98 valence electrons. The molecular weight excluding hydrogens is 328 g/mol. The van der Waals surface area contributed by atoms with Crippen LogP contribution in [-0.2, 0) is 0 Å². The predicted octanol–water partition coefficient (Wildman–Crippen LogP) is 4.56. The van der Waals surface area contributed by atoms with Crippen molar-refractivity contribution < 1.29 is 4.74 Å². The van der Waals surface area contributed by atoms with Gasteiger partial charge < -0.3 is 4.74 Å². The number of ether oxygens (including phenoxy) is 1. The summed E-state index contributed by atoms with van der Waals surface area (Å²) >= 11 is 9.43. The summed E-state index contributed by atoms with van der Waals surface area (Å²) < 4.78 is 6.10. The van der Waals surface area contributed by atoms with E-state index in [2.05, 4.69) is 26.5 Å². The maximum Gasteiger partial charge on any atom is 0.137 e. The van der Waals surface area contributed by atoms with Crippen LogP contribution in [0.5, 0.6) is 5.75 Å². The Balaban J connectivity index is 2.04. The van der Waals surface area contributed by atoms with Gasteiger partial charge in [-0.25, -0.2) is 0 Å². The van der Waals surface area contributed by atoms with Gasteiger partial charge in [0.05, 0.1) is 24.0 Å². The fourth-order valence-corrected chi connectivity index (χ4v) is 2.18. The number of anilines is 1. The second-order valence-corrected chi connectivity index (χ2v) is 5.10. The van der Waals surface area contributed by atoms with Gasteiger partial charge in [0, 0.05) is 4.47 Å². The number of rotatable bonds is 4. The van der Waals surface area contributed by atoms with Gasteiger partial charge in [0.15, 0.2) is 0 Å². The highest BCUT2D eigenvalue weighted by atomic mass is 79.9. The van der Waals surface area contributed by atoms with Crippen LogP contribution in [0.2, 0.25) is 5.02 Å². The molecule has 19 heavy (non-hydrogen) atoms. The van der Waals surface area contributed by atoms with E-state index in [9.17, 15) is 0 Å². The fraction of sp³-hybridized carbons (Fsp3) is 0.0714. The maximum atomic E-state index is 6.02. The zero-order chi connectivity index (χ0) is 13.7. The lowest BCUT2D eigenvalue weighted by Crippen LogP contribution is -1.91. The van der Waals surface area contributed by atoms with Gasteiger partial charge in [-0.3, -0.25) is 5.43 Å². The summed E-state index contributed by atoms with van der Waals surface area (Å²) in [4.78, 5) is 0. The summed E-state index contributed by atoms with van der Waals surface area (Å²) in [5.41, 5.74) is 4.72. The Morgan fingerprint density at radius 2 is 2.11 bits per heavy atom. The smallest absolute Gasteiger partial charge is 0.137 e. The summed E-state index contributed by atoms with van der Waals surface area (Å²) in [6.07, 6.45) is 1.74. The van der Waals surface area contributed by atoms with Crippen LogP contribution in [0.25, 0.3) is 0 Å². The van der Waals surface area contributed by atoms with Crippen LogP contribution in [0.1, 0.15) is 5.56 Å². The molecule has 0 fully saturated rings. The second kappa shape index (κ2) is 6.59. The van der Waals surface area contributed by atoms with Gasteiger partial charge in [-0.1, -0.05) is 39.7 Å². The van der Waals surface area contributed by atoms with Gasteiger partial charge in [0.1, 0.15) is 5.75 Å². The first kappa shape index (κ1) is 13.9. The van der Waals surface area contributed by atoms with Crippen LogP contribution in [0.15, 0.2) is 52.0 Å². The molecule has 0 aliphatic carbocycles. The van der Waals surface area contributed by atoms with E-state index >= 15 is 0 Å². The minimum Gasteiger partial charge on any atom is -0.495 e. The molecule has 2 aromatic rings. The Morgan fingerprint density at radius 3 is 2.79 bits per heavy atom. The molecule has 2 aromatic carbocycles. The largest absolute Gasteiger partial charge is 0.495 e. The molecule has 0 heterocycles. The van der Waals surface area contributed by atoms with E-state index < -0.39 is 0 Å². The minimum atomic E-state index is 0.546. The predicted molar refractivity (Wildman–Crippen MR) is 83.4 cm³/mol. The molecule has 5 heteroatoms. The normalized spacial score (nSPS) is 10.7. The number of hydrogen-bond donors (Lipinski definition) is 1. The molecule has 3 nitrogen and oxygen atoms in total. The van der Waals surface area contributed by atoms with E-state index in [0.29, 0.717) is 10.8 Å². The second-order valence-electron chi connectivity index (χ2n) is 3.77. The summed E-state index contributed by atoms with van der Waals surface area (Å²) in [5.74, 6) is 0.642. The van der Waals surface area contributed by atoms with Crippen molar-refractivity contribution in [2.45, 2.75) is 0 Å². The van der Waals surface area contributed by atoms with Crippen LogP contribution >= 0.6 is 27.5 Å². The van der Waals surface area contributed by atoms with E-state index in [-0.39, 0.29) is 0 Å². The number of hydrogen-bond acceptors (Lipinski definition) is 3. The van der Waals surface area contributed by atoms with E-state index in [1.807, 2.05) is 30.3 Å². The average Bonchev–Trinajstić information content (AvgIpc) is 2.39. The van der Waals surface area contributed by atoms with Crippen LogP contribution < -0.4 is 10.2 Å². The average molecular weight is 340 g/mol. The van der Waals surface area contributed by atoms with Gasteiger partial charge in [0.2, 0.25) is 0 Å². The molecule has 0 aliphatic heterocycles. The minimum absolute atomic E-state index is 0.546. The Morgan fingerprint density at radius 1 is 1.26 bits per heavy atom. The quantitative estimate of drug-likeness (QED) is 0.654. The Labute approximate surface area is 125 Å². The highest BCUT2D eigenvalue weighted by molar-refractivity contribution is 9.10. The van der Waals surface area contributed by atoms with Crippen LogP contribution in [0.4, 0.5) is 5.69 Å². The molecule has 0 amide bonds. The third kappa shape index (κ3) is 3.98. The van der Waals surface area contributed by atoms with Gasteiger partial charge in [-0.15, -0.1) is 0 Å². The molecule has 0 spiro atoms. The third-order valence-electron chi connectivity index (χ3n) is 2.41. The molecule has 0 atom stereocenters. The first-order valence-electron chi connectivity index (χ1n) is 5.57. The van der Waals surface area contributed by atoms with E-state index in [1.54, 1.807) is 25.5 Å². The SMILES string of the molecule is COc1ccc(N/N=C/c2cccc(Br)c2)cc1Cl. The molecular formula is C14H12BrClN2O. The first-order valence-corrected chi connectivity index (χ1v) is 6.74. The van der Waals surface area contributed by atoms with E-state index in [0.717, 1.165) is 15.7 Å². The zero-order valence-electron chi connectivity index (χ0n) is 10.2. The standard InChI is InChI=1S/C14H12BrClN2O/c1-19-14-6-5-12(8-13(14)16)18-17-9-10-3-2-4-11(15)7-10/h2-9,18H,1H3/b17-9+. The van der Waals surface area contributed by atoms with Crippen molar-refractivity contribution >= 4 is 39.4 Å². The zero-order valence-corrected chi connectivity index (χ0v) is 12.6. The van der Waals surface area contributed by atoms with Crippen molar-refractivity contribution in [3.63, 3.8) is 0 Å². The molecule has 0 bridgehead atoms. The number of nitrogens with zero attached hydrogens (tertiary/aromatic N) is 1. The van der Waals surface area contributed by atoms with Crippen LogP contribution in [-0.4, -0.2) is 13.3 Å².